The molecule has 1 fully saturated rings. The van der Waals surface area contributed by atoms with Gasteiger partial charge in [0.2, 0.25) is 0 Å². The molecule has 0 aliphatic heterocycles. The molecule has 0 aromatic carbocycles. The summed E-state index contributed by atoms with van der Waals surface area (Å²) in [6.45, 7) is 4.76. The Morgan fingerprint density at radius 3 is 1.50 bits per heavy atom. The second kappa shape index (κ2) is 4.39. The fourth-order valence-electron chi connectivity index (χ4n) is 1.51. The standard InChI is InChI=1S/C8H16.C2H2/c1-8(2)6-4-3-5-7-8;1-2/h3-7H2,1-2H3;1-2H. The van der Waals surface area contributed by atoms with E-state index < -0.39 is 0 Å². The van der Waals surface area contributed by atoms with Crippen molar-refractivity contribution < 1.29 is 0 Å². The highest BCUT2D eigenvalue weighted by atomic mass is 14.3. The van der Waals surface area contributed by atoms with E-state index in [9.17, 15) is 0 Å². The third-order valence-corrected chi connectivity index (χ3v) is 2.21. The summed E-state index contributed by atoms with van der Waals surface area (Å²) in [6, 6.07) is 0. The summed E-state index contributed by atoms with van der Waals surface area (Å²) in [7, 11) is 0. The van der Waals surface area contributed by atoms with Crippen molar-refractivity contribution in [2.24, 2.45) is 5.41 Å². The number of hydrogen-bond acceptors (Lipinski definition) is 0. The number of rotatable bonds is 0. The molecule has 0 heterocycles. The Hall–Kier alpha value is -0.440. The average Bonchev–Trinajstić information content (AvgIpc) is 1.92. The zero-order valence-electron chi connectivity index (χ0n) is 7.19. The lowest BCUT2D eigenvalue weighted by atomic mass is 9.78. The van der Waals surface area contributed by atoms with Crippen LogP contribution < -0.4 is 0 Å². The molecule has 0 heteroatoms. The summed E-state index contributed by atoms with van der Waals surface area (Å²) in [5.74, 6) is 0. The molecule has 0 aromatic heterocycles. The molecule has 0 amide bonds. The van der Waals surface area contributed by atoms with Gasteiger partial charge in [-0.25, -0.2) is 0 Å². The zero-order chi connectivity index (χ0) is 8.04. The van der Waals surface area contributed by atoms with E-state index in [1.165, 1.54) is 32.1 Å². The minimum Gasteiger partial charge on any atom is -0.124 e. The van der Waals surface area contributed by atoms with Crippen LogP contribution in [0.4, 0.5) is 0 Å². The maximum absolute atomic E-state index is 4.00. The topological polar surface area (TPSA) is 0 Å². The van der Waals surface area contributed by atoms with Gasteiger partial charge in [0, 0.05) is 0 Å². The molecule has 0 atom stereocenters. The van der Waals surface area contributed by atoms with Gasteiger partial charge in [-0.3, -0.25) is 0 Å². The predicted octanol–water partition coefficient (Wildman–Crippen LogP) is 3.23. The van der Waals surface area contributed by atoms with E-state index in [1.54, 1.807) is 0 Å². The largest absolute Gasteiger partial charge is 0.124 e. The summed E-state index contributed by atoms with van der Waals surface area (Å²) in [5.41, 5.74) is 0.679. The van der Waals surface area contributed by atoms with Crippen LogP contribution in [0.25, 0.3) is 0 Å². The first kappa shape index (κ1) is 9.56. The van der Waals surface area contributed by atoms with Crippen LogP contribution in [0.5, 0.6) is 0 Å². The van der Waals surface area contributed by atoms with Crippen molar-refractivity contribution in [3.05, 3.63) is 0 Å². The van der Waals surface area contributed by atoms with E-state index in [0.717, 1.165) is 0 Å². The van der Waals surface area contributed by atoms with Crippen LogP contribution in [0.1, 0.15) is 46.0 Å². The maximum Gasteiger partial charge on any atom is -0.0354 e. The lowest BCUT2D eigenvalue weighted by Gasteiger charge is -2.28. The lowest BCUT2D eigenvalue weighted by molar-refractivity contribution is 0.244. The van der Waals surface area contributed by atoms with Crippen LogP contribution in [0.15, 0.2) is 0 Å². The molecule has 1 saturated carbocycles. The minimum absolute atomic E-state index is 0.679. The molecular weight excluding hydrogens is 120 g/mol. The van der Waals surface area contributed by atoms with Gasteiger partial charge in [0.25, 0.3) is 0 Å². The maximum atomic E-state index is 4.00. The van der Waals surface area contributed by atoms with Gasteiger partial charge in [-0.2, -0.15) is 0 Å². The molecule has 0 saturated heterocycles. The first-order chi connectivity index (χ1) is 4.71. The second-order valence-electron chi connectivity index (χ2n) is 3.72. The summed E-state index contributed by atoms with van der Waals surface area (Å²) < 4.78 is 0. The van der Waals surface area contributed by atoms with E-state index in [2.05, 4.69) is 26.7 Å². The average molecular weight is 138 g/mol. The molecule has 0 spiro atoms. The van der Waals surface area contributed by atoms with E-state index in [-0.39, 0.29) is 0 Å². The van der Waals surface area contributed by atoms with Crippen molar-refractivity contribution in [3.63, 3.8) is 0 Å². The van der Waals surface area contributed by atoms with Gasteiger partial charge in [0.15, 0.2) is 0 Å². The molecule has 0 bridgehead atoms. The highest BCUT2D eigenvalue weighted by Crippen LogP contribution is 2.34. The lowest BCUT2D eigenvalue weighted by Crippen LogP contribution is -2.14. The molecule has 1 rings (SSSR count). The molecule has 0 aromatic rings. The van der Waals surface area contributed by atoms with E-state index in [1.807, 2.05) is 0 Å². The number of terminal acetylenes is 1. The van der Waals surface area contributed by atoms with Gasteiger partial charge < -0.3 is 0 Å². The van der Waals surface area contributed by atoms with Crippen molar-refractivity contribution in [1.29, 1.82) is 0 Å². The Labute approximate surface area is 65.0 Å². The Balaban J connectivity index is 0.000000371. The fraction of sp³-hybridized carbons (Fsp3) is 0.800. The SMILES string of the molecule is C#C.CC1(C)CCCCC1. The Morgan fingerprint density at radius 1 is 0.900 bits per heavy atom. The molecule has 1 aliphatic carbocycles. The van der Waals surface area contributed by atoms with Crippen LogP contribution in [0, 0.1) is 18.3 Å². The molecule has 1 aliphatic rings. The van der Waals surface area contributed by atoms with Crippen LogP contribution in [-0.2, 0) is 0 Å². The van der Waals surface area contributed by atoms with Crippen LogP contribution >= 0.6 is 0 Å². The highest BCUT2D eigenvalue weighted by Gasteiger charge is 2.19. The molecular formula is C10H18. The van der Waals surface area contributed by atoms with Crippen LogP contribution in [0.3, 0.4) is 0 Å². The van der Waals surface area contributed by atoms with Gasteiger partial charge in [0.1, 0.15) is 0 Å². The molecule has 0 unspecified atom stereocenters. The monoisotopic (exact) mass is 138 g/mol. The summed E-state index contributed by atoms with van der Waals surface area (Å²) in [5, 5.41) is 0. The van der Waals surface area contributed by atoms with Gasteiger partial charge in [-0.15, -0.1) is 12.8 Å². The third kappa shape index (κ3) is 3.56. The Kier molecular flexibility index (Phi) is 4.19. The van der Waals surface area contributed by atoms with Gasteiger partial charge in [0.05, 0.1) is 0 Å². The van der Waals surface area contributed by atoms with E-state index in [4.69, 9.17) is 0 Å². The Bertz CT molecular complexity index is 89.9. The first-order valence-electron chi connectivity index (χ1n) is 4.04. The zero-order valence-corrected chi connectivity index (χ0v) is 7.19. The highest BCUT2D eigenvalue weighted by molar-refractivity contribution is 4.72. The second-order valence-corrected chi connectivity index (χ2v) is 3.72. The molecule has 0 nitrogen and oxygen atoms in total. The fourth-order valence-corrected chi connectivity index (χ4v) is 1.51. The summed E-state index contributed by atoms with van der Waals surface area (Å²) >= 11 is 0. The summed E-state index contributed by atoms with van der Waals surface area (Å²) in [6.07, 6.45) is 15.3. The smallest absolute Gasteiger partial charge is 0.0354 e. The minimum atomic E-state index is 0.679. The van der Waals surface area contributed by atoms with Crippen LogP contribution in [0.2, 0.25) is 0 Å². The third-order valence-electron chi connectivity index (χ3n) is 2.21. The van der Waals surface area contributed by atoms with E-state index >= 15 is 0 Å². The molecule has 10 heavy (non-hydrogen) atoms. The van der Waals surface area contributed by atoms with Crippen molar-refractivity contribution in [2.45, 2.75) is 46.0 Å². The Morgan fingerprint density at radius 2 is 1.30 bits per heavy atom. The predicted molar refractivity (Wildman–Crippen MR) is 46.8 cm³/mol. The van der Waals surface area contributed by atoms with E-state index in [0.29, 0.717) is 5.41 Å². The van der Waals surface area contributed by atoms with Crippen molar-refractivity contribution in [2.75, 3.05) is 0 Å². The molecule has 58 valence electrons. The van der Waals surface area contributed by atoms with Gasteiger partial charge in [-0.1, -0.05) is 33.1 Å². The van der Waals surface area contributed by atoms with Crippen LogP contribution in [-0.4, -0.2) is 0 Å². The van der Waals surface area contributed by atoms with Crippen molar-refractivity contribution in [1.82, 2.24) is 0 Å². The van der Waals surface area contributed by atoms with Gasteiger partial charge in [-0.05, 0) is 18.3 Å². The normalized spacial score (nSPS) is 22.4. The number of hydrogen-bond donors (Lipinski definition) is 0. The van der Waals surface area contributed by atoms with Crippen molar-refractivity contribution >= 4 is 0 Å². The molecule has 0 N–H and O–H groups in total. The van der Waals surface area contributed by atoms with Crippen molar-refractivity contribution in [3.8, 4) is 12.8 Å². The summed E-state index contributed by atoms with van der Waals surface area (Å²) in [4.78, 5) is 0. The van der Waals surface area contributed by atoms with Gasteiger partial charge >= 0.3 is 0 Å². The molecule has 0 radical (unpaired) electrons. The quantitative estimate of drug-likeness (QED) is 0.451. The first-order valence-corrected chi connectivity index (χ1v) is 4.04.